The lowest BCUT2D eigenvalue weighted by Crippen LogP contribution is -2.44. The summed E-state index contributed by atoms with van der Waals surface area (Å²) in [5, 5.41) is 1.97. The number of aromatic nitrogens is 1. The zero-order valence-corrected chi connectivity index (χ0v) is 13.9. The first kappa shape index (κ1) is 16.4. The molecule has 0 radical (unpaired) electrons. The number of hydrogen-bond donors (Lipinski definition) is 0. The van der Waals surface area contributed by atoms with E-state index < -0.39 is 0 Å². The fraction of sp³-hybridized carbons (Fsp3) is 0.714. The minimum atomic E-state index is -0.0230. The number of amides is 1. The highest BCUT2D eigenvalue weighted by Crippen LogP contribution is 2.38. The second-order valence-electron chi connectivity index (χ2n) is 6.55. The average Bonchev–Trinajstić information content (AvgIpc) is 2.78. The van der Waals surface area contributed by atoms with Gasteiger partial charge in [-0.25, -0.2) is 4.37 Å². The molecule has 0 unspecified atom stereocenters. The maximum absolute atomic E-state index is 12.0. The van der Waals surface area contributed by atoms with E-state index in [1.807, 2.05) is 16.5 Å². The summed E-state index contributed by atoms with van der Waals surface area (Å²) in [5.41, 5.74) is 1.19. The minimum Gasteiger partial charge on any atom is -0.337 e. The number of rotatable bonds is 5. The Bertz CT molecular complexity index is 410. The number of hydrogen-bond acceptors (Lipinski definition) is 3. The molecule has 0 aliphatic heterocycles. The van der Waals surface area contributed by atoms with Gasteiger partial charge >= 0.3 is 0 Å². The molecule has 108 valence electrons. The third kappa shape index (κ3) is 4.46. The molecule has 1 heterocycles. The van der Waals surface area contributed by atoms with Crippen molar-refractivity contribution >= 4 is 29.0 Å². The van der Waals surface area contributed by atoms with Crippen LogP contribution in [-0.4, -0.2) is 27.6 Å². The number of nitrogens with zero attached hydrogens (tertiary/aromatic N) is 2. The average molecular weight is 303 g/mol. The molecule has 0 saturated carbocycles. The molecule has 0 N–H and O–H groups in total. The molecule has 0 aliphatic carbocycles. The highest BCUT2D eigenvalue weighted by Gasteiger charge is 2.35. The molecule has 1 aromatic rings. The zero-order valence-electron chi connectivity index (χ0n) is 12.4. The van der Waals surface area contributed by atoms with Crippen molar-refractivity contribution in [3.05, 3.63) is 17.1 Å². The zero-order chi connectivity index (χ0) is 14.7. The lowest BCUT2D eigenvalue weighted by molar-refractivity contribution is -0.131. The van der Waals surface area contributed by atoms with E-state index in [2.05, 4.69) is 39.0 Å². The first-order valence-electron chi connectivity index (χ1n) is 6.39. The van der Waals surface area contributed by atoms with Crippen molar-refractivity contribution in [3.8, 4) is 0 Å². The predicted octanol–water partition coefficient (Wildman–Crippen LogP) is 3.78. The maximum atomic E-state index is 12.0. The summed E-state index contributed by atoms with van der Waals surface area (Å²) in [5.74, 6) is 0.00261. The highest BCUT2D eigenvalue weighted by atomic mass is 35.5. The van der Waals surface area contributed by atoms with E-state index in [0.717, 1.165) is 5.56 Å². The first-order chi connectivity index (χ1) is 8.67. The van der Waals surface area contributed by atoms with Crippen LogP contribution in [0, 0.1) is 10.8 Å². The molecule has 0 spiro atoms. The Labute approximate surface area is 125 Å². The third-order valence-corrected chi connectivity index (χ3v) is 4.80. The number of alkyl halides is 1. The Morgan fingerprint density at radius 1 is 1.37 bits per heavy atom. The van der Waals surface area contributed by atoms with Crippen LogP contribution in [0.4, 0.5) is 0 Å². The van der Waals surface area contributed by atoms with Crippen LogP contribution >= 0.6 is 23.1 Å². The van der Waals surface area contributed by atoms with E-state index in [-0.39, 0.29) is 22.6 Å². The van der Waals surface area contributed by atoms with E-state index in [4.69, 9.17) is 11.6 Å². The molecule has 1 rings (SSSR count). The Kier molecular flexibility index (Phi) is 5.39. The van der Waals surface area contributed by atoms with Crippen LogP contribution in [0.5, 0.6) is 0 Å². The fourth-order valence-electron chi connectivity index (χ4n) is 1.56. The largest absolute Gasteiger partial charge is 0.337 e. The van der Waals surface area contributed by atoms with Crippen molar-refractivity contribution in [2.75, 3.05) is 12.4 Å². The Hall–Kier alpha value is -0.610. The molecule has 1 amide bonds. The fourth-order valence-corrected chi connectivity index (χ4v) is 2.25. The van der Waals surface area contributed by atoms with Crippen molar-refractivity contribution in [1.29, 1.82) is 0 Å². The highest BCUT2D eigenvalue weighted by molar-refractivity contribution is 7.03. The molecule has 3 nitrogen and oxygen atoms in total. The van der Waals surface area contributed by atoms with E-state index >= 15 is 0 Å². The standard InChI is InChI=1S/C14H23ClN2OS/c1-13(2,3)14(4,5)10-17(12(18)6-15)8-11-7-16-19-9-11/h7,9H,6,8,10H2,1-5H3. The lowest BCUT2D eigenvalue weighted by atomic mass is 9.69. The van der Waals surface area contributed by atoms with Gasteiger partial charge in [0.05, 0.1) is 0 Å². The molecular weight excluding hydrogens is 280 g/mol. The molecule has 1 aromatic heterocycles. The van der Waals surface area contributed by atoms with Gasteiger partial charge in [0.25, 0.3) is 0 Å². The smallest absolute Gasteiger partial charge is 0.237 e. The Balaban J connectivity index is 2.84. The number of carbonyl (C=O) groups is 1. The third-order valence-electron chi connectivity index (χ3n) is 3.94. The molecule has 0 aliphatic rings. The molecule has 0 fully saturated rings. The topological polar surface area (TPSA) is 33.2 Å². The second-order valence-corrected chi connectivity index (χ2v) is 7.47. The lowest BCUT2D eigenvalue weighted by Gasteiger charge is -2.42. The van der Waals surface area contributed by atoms with Crippen LogP contribution in [0.2, 0.25) is 0 Å². The van der Waals surface area contributed by atoms with Gasteiger partial charge in [-0.3, -0.25) is 4.79 Å². The van der Waals surface area contributed by atoms with Gasteiger partial charge in [-0.1, -0.05) is 34.6 Å². The van der Waals surface area contributed by atoms with E-state index in [9.17, 15) is 4.79 Å². The van der Waals surface area contributed by atoms with Gasteiger partial charge in [-0.15, -0.1) is 11.6 Å². The van der Waals surface area contributed by atoms with Gasteiger partial charge in [-0.05, 0) is 22.4 Å². The summed E-state index contributed by atoms with van der Waals surface area (Å²) in [4.78, 5) is 13.9. The van der Waals surface area contributed by atoms with Gasteiger partial charge in [0.15, 0.2) is 0 Å². The molecule has 5 heteroatoms. The van der Waals surface area contributed by atoms with Gasteiger partial charge in [0, 0.05) is 30.2 Å². The molecular formula is C14H23ClN2OS. The van der Waals surface area contributed by atoms with E-state index in [1.165, 1.54) is 11.5 Å². The van der Waals surface area contributed by atoms with Crippen molar-refractivity contribution in [1.82, 2.24) is 9.27 Å². The second kappa shape index (κ2) is 6.23. The Morgan fingerprint density at radius 2 is 2.00 bits per heavy atom. The monoisotopic (exact) mass is 302 g/mol. The van der Waals surface area contributed by atoms with Crippen molar-refractivity contribution in [3.63, 3.8) is 0 Å². The van der Waals surface area contributed by atoms with Crippen LogP contribution in [0.3, 0.4) is 0 Å². The van der Waals surface area contributed by atoms with Crippen molar-refractivity contribution < 1.29 is 4.79 Å². The molecule has 0 aromatic carbocycles. The van der Waals surface area contributed by atoms with Crippen LogP contribution in [0.15, 0.2) is 11.6 Å². The number of halogens is 1. The van der Waals surface area contributed by atoms with Gasteiger partial charge in [-0.2, -0.15) is 0 Å². The predicted molar refractivity (Wildman–Crippen MR) is 81.5 cm³/mol. The summed E-state index contributed by atoms with van der Waals surface area (Å²) in [6, 6.07) is 0. The molecule has 19 heavy (non-hydrogen) atoms. The normalized spacial score (nSPS) is 12.5. The summed E-state index contributed by atoms with van der Waals surface area (Å²) in [7, 11) is 0. The van der Waals surface area contributed by atoms with Crippen LogP contribution < -0.4 is 0 Å². The van der Waals surface area contributed by atoms with Crippen molar-refractivity contribution in [2.45, 2.75) is 41.2 Å². The molecule has 0 saturated heterocycles. The number of carbonyl (C=O) groups excluding carboxylic acids is 1. The SMILES string of the molecule is CC(C)(C)C(C)(C)CN(Cc1cnsc1)C(=O)CCl. The summed E-state index contributed by atoms with van der Waals surface area (Å²) >= 11 is 7.13. The summed E-state index contributed by atoms with van der Waals surface area (Å²) < 4.78 is 4.08. The minimum absolute atomic E-state index is 0.0121. The van der Waals surface area contributed by atoms with Crippen LogP contribution in [-0.2, 0) is 11.3 Å². The maximum Gasteiger partial charge on any atom is 0.237 e. The van der Waals surface area contributed by atoms with Crippen molar-refractivity contribution in [2.24, 2.45) is 10.8 Å². The van der Waals surface area contributed by atoms with Crippen LogP contribution in [0.1, 0.15) is 40.2 Å². The van der Waals surface area contributed by atoms with E-state index in [1.54, 1.807) is 0 Å². The summed E-state index contributed by atoms with van der Waals surface area (Å²) in [6.07, 6.45) is 1.81. The van der Waals surface area contributed by atoms with Gasteiger partial charge in [0.1, 0.15) is 5.88 Å². The van der Waals surface area contributed by atoms with Crippen LogP contribution in [0.25, 0.3) is 0 Å². The quantitative estimate of drug-likeness (QED) is 0.776. The first-order valence-corrected chi connectivity index (χ1v) is 7.76. The Morgan fingerprint density at radius 3 is 2.42 bits per heavy atom. The molecule has 0 bridgehead atoms. The molecule has 0 atom stereocenters. The van der Waals surface area contributed by atoms with Gasteiger partial charge in [0.2, 0.25) is 5.91 Å². The van der Waals surface area contributed by atoms with Gasteiger partial charge < -0.3 is 4.90 Å². The summed E-state index contributed by atoms with van der Waals surface area (Å²) in [6.45, 7) is 12.2. The van der Waals surface area contributed by atoms with E-state index in [0.29, 0.717) is 13.1 Å².